The third kappa shape index (κ3) is 6.82. The lowest BCUT2D eigenvalue weighted by molar-refractivity contribution is -0.119. The molecule has 1 heterocycles. The Hall–Kier alpha value is -5.21. The number of rotatable bonds is 10. The fraction of sp³-hybridized carbons (Fsp3) is 0.171. The predicted molar refractivity (Wildman–Crippen MR) is 171 cm³/mol. The number of anilines is 3. The highest BCUT2D eigenvalue weighted by atomic mass is 16.5. The zero-order valence-corrected chi connectivity index (χ0v) is 24.5. The molecule has 218 valence electrons. The Morgan fingerprint density at radius 2 is 1.51 bits per heavy atom. The second-order valence-corrected chi connectivity index (χ2v) is 10.4. The normalized spacial score (nSPS) is 13.3. The standard InChI is InChI=1S/C35H34N4O4/c1-4-43-35(42)26-15-20-29-30(21-26)37-34(41)32(29)33(25-13-9-6-10-14-25)36-27-16-18-28(19-17-27)39(31(40)23-38(2)3)22-24-11-7-5-8-12-24/h5-21,36H,4,22-23H2,1-3H3,(H,37,41). The minimum Gasteiger partial charge on any atom is -0.462 e. The number of ether oxygens (including phenoxy) is 1. The molecule has 0 fully saturated rings. The van der Waals surface area contributed by atoms with E-state index in [-0.39, 0.29) is 25.0 Å². The summed E-state index contributed by atoms with van der Waals surface area (Å²) in [4.78, 5) is 42.5. The number of fused-ring (bicyclic) bond motifs is 1. The van der Waals surface area contributed by atoms with Gasteiger partial charge >= 0.3 is 5.97 Å². The molecule has 5 rings (SSSR count). The lowest BCUT2D eigenvalue weighted by Crippen LogP contribution is -2.37. The molecule has 1 aliphatic rings. The Morgan fingerprint density at radius 1 is 0.837 bits per heavy atom. The molecule has 0 bridgehead atoms. The fourth-order valence-electron chi connectivity index (χ4n) is 4.96. The molecule has 0 atom stereocenters. The number of carbonyl (C=O) groups is 3. The van der Waals surface area contributed by atoms with Gasteiger partial charge in [0.05, 0.1) is 42.2 Å². The molecular weight excluding hydrogens is 540 g/mol. The summed E-state index contributed by atoms with van der Waals surface area (Å²) in [6.07, 6.45) is 0. The Labute approximate surface area is 251 Å². The molecule has 8 nitrogen and oxygen atoms in total. The maximum atomic E-state index is 13.3. The van der Waals surface area contributed by atoms with Crippen LogP contribution in [0, 0.1) is 0 Å². The maximum Gasteiger partial charge on any atom is 0.338 e. The van der Waals surface area contributed by atoms with E-state index in [2.05, 4.69) is 10.6 Å². The summed E-state index contributed by atoms with van der Waals surface area (Å²) in [6, 6.07) is 32.2. The minimum atomic E-state index is -0.441. The molecule has 8 heteroatoms. The van der Waals surface area contributed by atoms with Crippen molar-refractivity contribution in [2.75, 3.05) is 42.8 Å². The van der Waals surface area contributed by atoms with Crippen LogP contribution in [0.4, 0.5) is 17.1 Å². The molecule has 1 aliphatic heterocycles. The number of amides is 2. The van der Waals surface area contributed by atoms with Gasteiger partial charge in [-0.25, -0.2) is 4.79 Å². The topological polar surface area (TPSA) is 91.0 Å². The zero-order chi connectivity index (χ0) is 30.3. The minimum absolute atomic E-state index is 0.0110. The van der Waals surface area contributed by atoms with Gasteiger partial charge in [-0.3, -0.25) is 9.59 Å². The number of nitrogens with zero attached hydrogens (tertiary/aromatic N) is 2. The first-order valence-electron chi connectivity index (χ1n) is 14.1. The molecule has 0 unspecified atom stereocenters. The van der Waals surface area contributed by atoms with E-state index in [4.69, 9.17) is 4.74 Å². The monoisotopic (exact) mass is 574 g/mol. The number of hydrogen-bond donors (Lipinski definition) is 2. The van der Waals surface area contributed by atoms with Crippen LogP contribution in [0.25, 0.3) is 11.3 Å². The molecule has 4 aromatic rings. The third-order valence-corrected chi connectivity index (χ3v) is 6.97. The van der Waals surface area contributed by atoms with Crippen LogP contribution in [0.1, 0.15) is 34.0 Å². The average Bonchev–Trinajstić information content (AvgIpc) is 3.34. The Balaban J connectivity index is 1.49. The van der Waals surface area contributed by atoms with Crippen LogP contribution < -0.4 is 15.5 Å². The van der Waals surface area contributed by atoms with E-state index in [1.165, 1.54) is 0 Å². The molecule has 0 saturated carbocycles. The number of likely N-dealkylation sites (N-methyl/N-ethyl adjacent to an activating group) is 1. The van der Waals surface area contributed by atoms with E-state index in [0.29, 0.717) is 34.6 Å². The highest BCUT2D eigenvalue weighted by Gasteiger charge is 2.29. The van der Waals surface area contributed by atoms with Crippen molar-refractivity contribution in [2.45, 2.75) is 13.5 Å². The van der Waals surface area contributed by atoms with Gasteiger partial charge in [-0.1, -0.05) is 66.7 Å². The van der Waals surface area contributed by atoms with E-state index in [1.54, 1.807) is 30.0 Å². The van der Waals surface area contributed by atoms with E-state index in [9.17, 15) is 14.4 Å². The highest BCUT2D eigenvalue weighted by Crippen LogP contribution is 2.38. The molecule has 0 saturated heterocycles. The van der Waals surface area contributed by atoms with Gasteiger partial charge in [-0.05, 0) is 68.5 Å². The molecular formula is C35H34N4O4. The smallest absolute Gasteiger partial charge is 0.338 e. The van der Waals surface area contributed by atoms with Gasteiger partial charge < -0.3 is 25.2 Å². The molecule has 0 aliphatic carbocycles. The van der Waals surface area contributed by atoms with Gasteiger partial charge in [0.15, 0.2) is 0 Å². The second kappa shape index (κ2) is 13.2. The van der Waals surface area contributed by atoms with Crippen molar-refractivity contribution in [3.8, 4) is 0 Å². The first-order chi connectivity index (χ1) is 20.8. The lowest BCUT2D eigenvalue weighted by Gasteiger charge is -2.25. The molecule has 2 amide bonds. The summed E-state index contributed by atoms with van der Waals surface area (Å²) in [5.74, 6) is -0.728. The van der Waals surface area contributed by atoms with Crippen molar-refractivity contribution in [3.05, 3.63) is 125 Å². The first kappa shape index (κ1) is 29.3. The summed E-state index contributed by atoms with van der Waals surface area (Å²) in [6.45, 7) is 2.75. The quantitative estimate of drug-likeness (QED) is 0.181. The number of esters is 1. The van der Waals surface area contributed by atoms with Crippen LogP contribution in [0.3, 0.4) is 0 Å². The second-order valence-electron chi connectivity index (χ2n) is 10.4. The fourth-order valence-corrected chi connectivity index (χ4v) is 4.96. The van der Waals surface area contributed by atoms with Crippen LogP contribution in [-0.4, -0.2) is 49.9 Å². The summed E-state index contributed by atoms with van der Waals surface area (Å²) < 4.78 is 5.13. The van der Waals surface area contributed by atoms with Crippen molar-refractivity contribution in [1.29, 1.82) is 0 Å². The van der Waals surface area contributed by atoms with Crippen molar-refractivity contribution in [1.82, 2.24) is 4.90 Å². The molecule has 43 heavy (non-hydrogen) atoms. The van der Waals surface area contributed by atoms with E-state index in [0.717, 1.165) is 22.5 Å². The van der Waals surface area contributed by atoms with Crippen LogP contribution >= 0.6 is 0 Å². The molecule has 0 aromatic heterocycles. The van der Waals surface area contributed by atoms with Crippen LogP contribution in [0.15, 0.2) is 103 Å². The van der Waals surface area contributed by atoms with Gasteiger partial charge in [0.1, 0.15) is 0 Å². The average molecular weight is 575 g/mol. The zero-order valence-electron chi connectivity index (χ0n) is 24.5. The van der Waals surface area contributed by atoms with E-state index < -0.39 is 5.97 Å². The van der Waals surface area contributed by atoms with Crippen molar-refractivity contribution < 1.29 is 19.1 Å². The summed E-state index contributed by atoms with van der Waals surface area (Å²) in [5.41, 5.74) is 6.07. The molecule has 4 aromatic carbocycles. The molecule has 0 spiro atoms. The van der Waals surface area contributed by atoms with E-state index >= 15 is 0 Å². The van der Waals surface area contributed by atoms with Crippen LogP contribution in [0.2, 0.25) is 0 Å². The van der Waals surface area contributed by atoms with Crippen molar-refractivity contribution in [2.24, 2.45) is 0 Å². The highest BCUT2D eigenvalue weighted by molar-refractivity contribution is 6.37. The Kier molecular flexibility index (Phi) is 8.98. The molecule has 0 radical (unpaired) electrons. The Bertz CT molecular complexity index is 1650. The Morgan fingerprint density at radius 3 is 2.16 bits per heavy atom. The number of carbonyl (C=O) groups excluding carboxylic acids is 3. The van der Waals surface area contributed by atoms with Crippen LogP contribution in [0.5, 0.6) is 0 Å². The number of benzene rings is 4. The third-order valence-electron chi connectivity index (χ3n) is 6.97. The summed E-state index contributed by atoms with van der Waals surface area (Å²) in [7, 11) is 3.75. The SMILES string of the molecule is CCOC(=O)c1ccc2c(c1)NC(=O)C2=C(Nc1ccc(N(Cc2ccccc2)C(=O)CN(C)C)cc1)c1ccccc1. The lowest BCUT2D eigenvalue weighted by atomic mass is 9.99. The number of nitrogens with one attached hydrogen (secondary N) is 2. The molecule has 2 N–H and O–H groups in total. The largest absolute Gasteiger partial charge is 0.462 e. The van der Waals surface area contributed by atoms with Crippen molar-refractivity contribution >= 4 is 46.1 Å². The maximum absolute atomic E-state index is 13.3. The first-order valence-corrected chi connectivity index (χ1v) is 14.1. The van der Waals surface area contributed by atoms with Gasteiger partial charge in [0, 0.05) is 16.9 Å². The summed E-state index contributed by atoms with van der Waals surface area (Å²) in [5, 5.41) is 6.36. The van der Waals surface area contributed by atoms with Gasteiger partial charge in [-0.15, -0.1) is 0 Å². The van der Waals surface area contributed by atoms with Crippen molar-refractivity contribution in [3.63, 3.8) is 0 Å². The van der Waals surface area contributed by atoms with Gasteiger partial charge in [0.2, 0.25) is 5.91 Å². The van der Waals surface area contributed by atoms with Crippen LogP contribution in [-0.2, 0) is 20.9 Å². The van der Waals surface area contributed by atoms with Gasteiger partial charge in [-0.2, -0.15) is 0 Å². The van der Waals surface area contributed by atoms with E-state index in [1.807, 2.05) is 104 Å². The summed E-state index contributed by atoms with van der Waals surface area (Å²) >= 11 is 0. The number of hydrogen-bond acceptors (Lipinski definition) is 6. The van der Waals surface area contributed by atoms with Gasteiger partial charge in [0.25, 0.3) is 5.91 Å². The predicted octanol–water partition coefficient (Wildman–Crippen LogP) is 5.89.